The molecule has 2 unspecified atom stereocenters. The summed E-state index contributed by atoms with van der Waals surface area (Å²) in [7, 11) is 1.94. The van der Waals surface area contributed by atoms with Gasteiger partial charge in [-0.05, 0) is 43.5 Å². The van der Waals surface area contributed by atoms with Gasteiger partial charge in [-0.1, -0.05) is 19.1 Å². The average molecular weight is 278 g/mol. The van der Waals surface area contributed by atoms with E-state index in [-0.39, 0.29) is 17.6 Å². The highest BCUT2D eigenvalue weighted by Gasteiger charge is 2.23. The predicted molar refractivity (Wildman–Crippen MR) is 78.1 cm³/mol. The van der Waals surface area contributed by atoms with E-state index in [0.717, 1.165) is 31.5 Å². The summed E-state index contributed by atoms with van der Waals surface area (Å²) in [6, 6.07) is 6.93. The van der Waals surface area contributed by atoms with Crippen molar-refractivity contribution in [1.29, 1.82) is 0 Å². The van der Waals surface area contributed by atoms with Gasteiger partial charge in [-0.2, -0.15) is 0 Å². The van der Waals surface area contributed by atoms with E-state index in [1.54, 1.807) is 6.07 Å². The predicted octanol–water partition coefficient (Wildman–Crippen LogP) is 2.53. The van der Waals surface area contributed by atoms with Crippen LogP contribution in [-0.4, -0.2) is 37.0 Å². The molecule has 110 valence electrons. The number of amides is 1. The first-order chi connectivity index (χ1) is 9.60. The molecule has 1 saturated heterocycles. The first-order valence-corrected chi connectivity index (χ1v) is 7.30. The fourth-order valence-electron chi connectivity index (χ4n) is 2.76. The third-order valence-electron chi connectivity index (χ3n) is 4.08. The van der Waals surface area contributed by atoms with Crippen LogP contribution in [0.4, 0.5) is 4.39 Å². The van der Waals surface area contributed by atoms with Gasteiger partial charge in [0, 0.05) is 25.6 Å². The maximum atomic E-state index is 13.2. The normalized spacial score (nSPS) is 20.8. The number of rotatable bonds is 4. The van der Waals surface area contributed by atoms with E-state index < -0.39 is 0 Å². The Hall–Kier alpha value is -1.42. The molecule has 1 aromatic rings. The minimum atomic E-state index is -0.241. The summed E-state index contributed by atoms with van der Waals surface area (Å²) in [6.45, 7) is 3.60. The second-order valence-corrected chi connectivity index (χ2v) is 5.63. The van der Waals surface area contributed by atoms with E-state index >= 15 is 0 Å². The van der Waals surface area contributed by atoms with Crippen molar-refractivity contribution in [2.75, 3.05) is 20.1 Å². The molecule has 1 N–H and O–H groups in total. The zero-order valence-corrected chi connectivity index (χ0v) is 12.2. The molecule has 3 nitrogen and oxygen atoms in total. The summed E-state index contributed by atoms with van der Waals surface area (Å²) in [5, 5.41) is 3.24. The second-order valence-electron chi connectivity index (χ2n) is 5.63. The Balaban J connectivity index is 1.93. The van der Waals surface area contributed by atoms with Crippen LogP contribution < -0.4 is 5.32 Å². The highest BCUT2D eigenvalue weighted by atomic mass is 19.1. The molecule has 0 radical (unpaired) electrons. The van der Waals surface area contributed by atoms with Gasteiger partial charge < -0.3 is 10.2 Å². The Kier molecular flexibility index (Phi) is 5.12. The Morgan fingerprint density at radius 3 is 3.05 bits per heavy atom. The van der Waals surface area contributed by atoms with Gasteiger partial charge in [0.25, 0.3) is 0 Å². The second kappa shape index (κ2) is 6.84. The molecular weight excluding hydrogens is 255 g/mol. The Bertz CT molecular complexity index is 464. The lowest BCUT2D eigenvalue weighted by Gasteiger charge is -2.33. The number of piperidine rings is 1. The molecule has 0 aromatic heterocycles. The number of halogens is 1. The van der Waals surface area contributed by atoms with E-state index in [2.05, 4.69) is 5.32 Å². The summed E-state index contributed by atoms with van der Waals surface area (Å²) >= 11 is 0. The molecule has 2 rings (SSSR count). The number of nitrogens with zero attached hydrogens (tertiary/aromatic N) is 1. The lowest BCUT2D eigenvalue weighted by atomic mass is 9.96. The van der Waals surface area contributed by atoms with Crippen LogP contribution in [0.15, 0.2) is 24.3 Å². The van der Waals surface area contributed by atoms with Gasteiger partial charge in [0.15, 0.2) is 0 Å². The number of hydrogen-bond acceptors (Lipinski definition) is 2. The van der Waals surface area contributed by atoms with E-state index in [1.807, 2.05) is 24.9 Å². The van der Waals surface area contributed by atoms with Crippen molar-refractivity contribution >= 4 is 5.91 Å². The molecule has 1 amide bonds. The van der Waals surface area contributed by atoms with Crippen molar-refractivity contribution in [2.45, 2.75) is 38.1 Å². The zero-order chi connectivity index (χ0) is 14.5. The highest BCUT2D eigenvalue weighted by Crippen LogP contribution is 2.22. The Morgan fingerprint density at radius 1 is 1.55 bits per heavy atom. The van der Waals surface area contributed by atoms with Gasteiger partial charge >= 0.3 is 0 Å². The number of benzene rings is 1. The van der Waals surface area contributed by atoms with Crippen LogP contribution >= 0.6 is 0 Å². The maximum Gasteiger partial charge on any atom is 0.223 e. The molecule has 0 saturated carbocycles. The average Bonchev–Trinajstić information content (AvgIpc) is 2.47. The van der Waals surface area contributed by atoms with Gasteiger partial charge in [0.05, 0.1) is 0 Å². The third kappa shape index (κ3) is 3.79. The summed E-state index contributed by atoms with van der Waals surface area (Å²) in [5.41, 5.74) is 0.889. The quantitative estimate of drug-likeness (QED) is 0.918. The molecule has 1 fully saturated rings. The smallest absolute Gasteiger partial charge is 0.223 e. The number of hydrogen-bond donors (Lipinski definition) is 1. The van der Waals surface area contributed by atoms with E-state index in [4.69, 9.17) is 0 Å². The highest BCUT2D eigenvalue weighted by molar-refractivity contribution is 5.77. The van der Waals surface area contributed by atoms with Crippen LogP contribution in [0.3, 0.4) is 0 Å². The van der Waals surface area contributed by atoms with Crippen LogP contribution in [0.25, 0.3) is 0 Å². The van der Waals surface area contributed by atoms with Crippen molar-refractivity contribution in [3.05, 3.63) is 35.6 Å². The van der Waals surface area contributed by atoms with E-state index in [9.17, 15) is 9.18 Å². The van der Waals surface area contributed by atoms with Crippen molar-refractivity contribution in [3.8, 4) is 0 Å². The zero-order valence-electron chi connectivity index (χ0n) is 12.2. The fraction of sp³-hybridized carbons (Fsp3) is 0.562. The molecule has 0 spiro atoms. The van der Waals surface area contributed by atoms with Crippen molar-refractivity contribution in [2.24, 2.45) is 0 Å². The number of likely N-dealkylation sites (N-methyl/N-ethyl adjacent to an activating group) is 1. The maximum absolute atomic E-state index is 13.2. The number of nitrogens with one attached hydrogen (secondary N) is 1. The molecule has 0 aliphatic carbocycles. The third-order valence-corrected chi connectivity index (χ3v) is 4.08. The first-order valence-electron chi connectivity index (χ1n) is 7.30. The number of likely N-dealkylation sites (tertiary alicyclic amines) is 1. The van der Waals surface area contributed by atoms with Crippen LogP contribution in [0.1, 0.15) is 37.7 Å². The standard InChI is InChI=1S/C16H23FN2O/c1-12(13-5-3-6-14(17)10-13)9-16(20)19-8-4-7-15(11-19)18-2/h3,5-6,10,12,15,18H,4,7-9,11H2,1-2H3. The van der Waals surface area contributed by atoms with Crippen LogP contribution in [-0.2, 0) is 4.79 Å². The lowest BCUT2D eigenvalue weighted by Crippen LogP contribution is -2.47. The molecule has 4 heteroatoms. The van der Waals surface area contributed by atoms with Crippen LogP contribution in [0.2, 0.25) is 0 Å². The lowest BCUT2D eigenvalue weighted by molar-refractivity contribution is -0.132. The summed E-state index contributed by atoms with van der Waals surface area (Å²) in [6.07, 6.45) is 2.62. The van der Waals surface area contributed by atoms with E-state index in [1.165, 1.54) is 12.1 Å². The van der Waals surface area contributed by atoms with Gasteiger partial charge in [-0.25, -0.2) is 4.39 Å². The molecule has 0 bridgehead atoms. The minimum Gasteiger partial charge on any atom is -0.341 e. The summed E-state index contributed by atoms with van der Waals surface area (Å²) in [5.74, 6) is -0.0232. The molecule has 1 heterocycles. The van der Waals surface area contributed by atoms with Crippen molar-refractivity contribution < 1.29 is 9.18 Å². The Labute approximate surface area is 120 Å². The summed E-state index contributed by atoms with van der Waals surface area (Å²) < 4.78 is 13.2. The van der Waals surface area contributed by atoms with Gasteiger partial charge in [-0.3, -0.25) is 4.79 Å². The first kappa shape index (κ1) is 15.0. The van der Waals surface area contributed by atoms with Gasteiger partial charge in [-0.15, -0.1) is 0 Å². The molecular formula is C16H23FN2O. The molecule has 20 heavy (non-hydrogen) atoms. The topological polar surface area (TPSA) is 32.3 Å². The van der Waals surface area contributed by atoms with Crippen molar-refractivity contribution in [1.82, 2.24) is 10.2 Å². The molecule has 1 aromatic carbocycles. The van der Waals surface area contributed by atoms with Gasteiger partial charge in [0.2, 0.25) is 5.91 Å². The van der Waals surface area contributed by atoms with E-state index in [0.29, 0.717) is 12.5 Å². The number of carbonyl (C=O) groups excluding carboxylic acids is 1. The Morgan fingerprint density at radius 2 is 2.35 bits per heavy atom. The SMILES string of the molecule is CNC1CCCN(C(=O)CC(C)c2cccc(F)c2)C1. The van der Waals surface area contributed by atoms with Gasteiger partial charge in [0.1, 0.15) is 5.82 Å². The minimum absolute atomic E-state index is 0.0492. The molecule has 2 atom stereocenters. The largest absolute Gasteiger partial charge is 0.341 e. The van der Waals surface area contributed by atoms with Crippen LogP contribution in [0.5, 0.6) is 0 Å². The monoisotopic (exact) mass is 278 g/mol. The summed E-state index contributed by atoms with van der Waals surface area (Å²) in [4.78, 5) is 14.3. The van der Waals surface area contributed by atoms with Crippen molar-refractivity contribution in [3.63, 3.8) is 0 Å². The molecule has 1 aliphatic rings. The molecule has 1 aliphatic heterocycles. The fourth-order valence-corrected chi connectivity index (χ4v) is 2.76. The van der Waals surface area contributed by atoms with Crippen LogP contribution in [0, 0.1) is 5.82 Å². The number of carbonyl (C=O) groups is 1.